The van der Waals surface area contributed by atoms with Crippen LogP contribution >= 0.6 is 11.6 Å². The molecule has 0 spiro atoms. The smallest absolute Gasteiger partial charge is 0.412 e. The normalized spacial score (nSPS) is 15.7. The summed E-state index contributed by atoms with van der Waals surface area (Å²) in [7, 11) is 3.73. The number of aromatic nitrogens is 1. The van der Waals surface area contributed by atoms with Gasteiger partial charge in [-0.15, -0.1) is 0 Å². The van der Waals surface area contributed by atoms with E-state index in [2.05, 4.69) is 34.5 Å². The van der Waals surface area contributed by atoms with Crippen molar-refractivity contribution in [1.82, 2.24) is 15.2 Å². The molecule has 1 aliphatic carbocycles. The molecule has 62 heavy (non-hydrogen) atoms. The number of aliphatic hydroxyl groups is 1. The van der Waals surface area contributed by atoms with Crippen LogP contribution in [-0.4, -0.2) is 76.5 Å². The van der Waals surface area contributed by atoms with Crippen molar-refractivity contribution < 1.29 is 29.6 Å². The second-order valence-electron chi connectivity index (χ2n) is 16.4. The minimum absolute atomic E-state index is 0.0836. The molecule has 4 aromatic carbocycles. The molecular weight excluding hydrogens is 806 g/mol. The molecule has 6 N–H and O–H groups in total. The number of ether oxygens (including phenoxy) is 1. The molecule has 5 aromatic rings. The number of aliphatic hydroxyl groups excluding tert-OH is 1. The van der Waals surface area contributed by atoms with E-state index < -0.39 is 12.2 Å². The Hall–Kier alpha value is -5.40. The monoisotopic (exact) mass is 865 g/mol. The van der Waals surface area contributed by atoms with Gasteiger partial charge in [0.15, 0.2) is 0 Å². The maximum absolute atomic E-state index is 13.3. The first kappa shape index (κ1) is 46.1. The van der Waals surface area contributed by atoms with E-state index in [-0.39, 0.29) is 41.7 Å². The van der Waals surface area contributed by atoms with Gasteiger partial charge < -0.3 is 40.6 Å². The number of hydrogen-bond donors (Lipinski definition) is 6. The van der Waals surface area contributed by atoms with Crippen molar-refractivity contribution in [2.45, 2.75) is 102 Å². The minimum Gasteiger partial charge on any atom is -0.506 e. The van der Waals surface area contributed by atoms with Crippen LogP contribution in [0, 0.1) is 0 Å². The summed E-state index contributed by atoms with van der Waals surface area (Å²) in [6, 6.07) is 25.6. The van der Waals surface area contributed by atoms with Crippen molar-refractivity contribution >= 4 is 45.9 Å². The van der Waals surface area contributed by atoms with Gasteiger partial charge in [0, 0.05) is 60.2 Å². The zero-order valence-corrected chi connectivity index (χ0v) is 36.7. The number of H-pyrrole nitrogens is 1. The lowest BCUT2D eigenvalue weighted by Crippen LogP contribution is -2.45. The standard InChI is InChI=1S/C49H60ClN5O7/c1-4-5-6-10-26-54(2)35-17-19-36(20-18-35)55(49(60)61)42-27-32(16-21-37(42)33-13-8-7-9-14-33)12-11-15-46(58)52-41-29-45(62-3)34(28-40(41)50)30-51-31-44(57)38-22-24-43(56)48-39(38)23-25-47(59)53-48/h7-9,13-14,16,21-25,27-29,35-36,44,51,56-57H,4-6,10-12,15,17-20,26,30-31H2,1-3H3,(H,52,58)(H,53,59)(H,60,61). The summed E-state index contributed by atoms with van der Waals surface area (Å²) in [6.45, 7) is 3.75. The van der Waals surface area contributed by atoms with Gasteiger partial charge in [-0.1, -0.05) is 86.3 Å². The van der Waals surface area contributed by atoms with Crippen molar-refractivity contribution in [1.29, 1.82) is 0 Å². The number of fused-ring (bicyclic) bond motifs is 1. The van der Waals surface area contributed by atoms with Gasteiger partial charge in [-0.25, -0.2) is 4.79 Å². The van der Waals surface area contributed by atoms with E-state index in [0.717, 1.165) is 48.9 Å². The Morgan fingerprint density at radius 1 is 0.935 bits per heavy atom. The largest absolute Gasteiger partial charge is 0.506 e. The van der Waals surface area contributed by atoms with Crippen LogP contribution in [0.25, 0.3) is 22.0 Å². The number of carbonyl (C=O) groups is 2. The number of hydrogen-bond acceptors (Lipinski definition) is 8. The highest BCUT2D eigenvalue weighted by Gasteiger charge is 2.33. The molecule has 1 heterocycles. The second-order valence-corrected chi connectivity index (χ2v) is 16.8. The number of benzene rings is 4. The lowest BCUT2D eigenvalue weighted by molar-refractivity contribution is -0.116. The van der Waals surface area contributed by atoms with Crippen LogP contribution in [0.3, 0.4) is 0 Å². The molecule has 1 saturated carbocycles. The van der Waals surface area contributed by atoms with Gasteiger partial charge in [0.25, 0.3) is 0 Å². The summed E-state index contributed by atoms with van der Waals surface area (Å²) in [5.41, 5.74) is 5.02. The third-order valence-corrected chi connectivity index (χ3v) is 12.4. The topological polar surface area (TPSA) is 167 Å². The minimum atomic E-state index is -0.954. The van der Waals surface area contributed by atoms with Crippen LogP contribution in [-0.2, 0) is 17.8 Å². The summed E-state index contributed by atoms with van der Waals surface area (Å²) in [5.74, 6) is 0.196. The van der Waals surface area contributed by atoms with E-state index in [1.807, 2.05) is 48.5 Å². The van der Waals surface area contributed by atoms with Gasteiger partial charge in [-0.3, -0.25) is 14.5 Å². The van der Waals surface area contributed by atoms with E-state index >= 15 is 0 Å². The molecule has 2 amide bonds. The maximum atomic E-state index is 13.3. The fourth-order valence-electron chi connectivity index (χ4n) is 8.66. The molecule has 0 bridgehead atoms. The predicted molar refractivity (Wildman–Crippen MR) is 248 cm³/mol. The molecule has 0 aliphatic heterocycles. The van der Waals surface area contributed by atoms with Crippen LogP contribution in [0.1, 0.15) is 93.9 Å². The number of rotatable bonds is 20. The van der Waals surface area contributed by atoms with Gasteiger partial charge in [0.1, 0.15) is 11.5 Å². The van der Waals surface area contributed by atoms with Crippen LogP contribution in [0.15, 0.2) is 89.7 Å². The first-order chi connectivity index (χ1) is 30.0. The molecule has 13 heteroatoms. The van der Waals surface area contributed by atoms with Crippen molar-refractivity contribution in [3.63, 3.8) is 0 Å². The van der Waals surface area contributed by atoms with Crippen molar-refractivity contribution in [2.75, 3.05) is 37.5 Å². The fraction of sp³-hybridized carbons (Fsp3) is 0.408. The number of methoxy groups -OCH3 is 1. The molecule has 1 unspecified atom stereocenters. The van der Waals surface area contributed by atoms with Crippen LogP contribution < -0.4 is 25.8 Å². The Morgan fingerprint density at radius 2 is 1.69 bits per heavy atom. The molecule has 12 nitrogen and oxygen atoms in total. The molecule has 6 rings (SSSR count). The molecule has 330 valence electrons. The number of aryl methyl sites for hydroxylation is 1. The van der Waals surface area contributed by atoms with E-state index in [1.54, 1.807) is 29.2 Å². The molecule has 0 saturated heterocycles. The number of nitrogens with one attached hydrogen (secondary N) is 3. The number of nitrogens with zero attached hydrogens (tertiary/aromatic N) is 2. The molecule has 1 aromatic heterocycles. The maximum Gasteiger partial charge on any atom is 0.412 e. The van der Waals surface area contributed by atoms with Gasteiger partial charge in [-0.05, 0) is 99.5 Å². The average Bonchev–Trinajstić information content (AvgIpc) is 3.26. The lowest BCUT2D eigenvalue weighted by atomic mass is 9.88. The third kappa shape index (κ3) is 11.7. The Morgan fingerprint density at radius 3 is 2.42 bits per heavy atom. The van der Waals surface area contributed by atoms with Gasteiger partial charge in [0.2, 0.25) is 11.5 Å². The summed E-state index contributed by atoms with van der Waals surface area (Å²) in [4.78, 5) is 44.8. The number of aromatic amines is 1. The number of pyridine rings is 1. The quantitative estimate of drug-likeness (QED) is 0.0418. The van der Waals surface area contributed by atoms with Crippen LogP contribution in [0.5, 0.6) is 11.5 Å². The van der Waals surface area contributed by atoms with E-state index in [0.29, 0.717) is 64.1 Å². The second kappa shape index (κ2) is 22.1. The molecule has 1 atom stereocenters. The molecular formula is C49H60ClN5O7. The number of amides is 2. The van der Waals surface area contributed by atoms with Gasteiger partial charge in [0.05, 0.1) is 35.1 Å². The lowest BCUT2D eigenvalue weighted by Gasteiger charge is -2.39. The fourth-order valence-corrected chi connectivity index (χ4v) is 8.90. The Bertz CT molecular complexity index is 2350. The highest BCUT2D eigenvalue weighted by Crippen LogP contribution is 2.38. The zero-order chi connectivity index (χ0) is 44.2. The molecule has 1 aliphatic rings. The summed E-state index contributed by atoms with van der Waals surface area (Å²) >= 11 is 6.66. The predicted octanol–water partition coefficient (Wildman–Crippen LogP) is 9.65. The Kier molecular flexibility index (Phi) is 16.4. The number of aromatic hydroxyl groups is 1. The van der Waals surface area contributed by atoms with Gasteiger partial charge >= 0.3 is 6.09 Å². The number of phenols is 1. The van der Waals surface area contributed by atoms with Crippen molar-refractivity contribution in [3.8, 4) is 22.6 Å². The molecule has 0 radical (unpaired) electrons. The number of halogens is 1. The summed E-state index contributed by atoms with van der Waals surface area (Å²) < 4.78 is 5.63. The van der Waals surface area contributed by atoms with Crippen LogP contribution in [0.4, 0.5) is 16.2 Å². The molecule has 1 fully saturated rings. The summed E-state index contributed by atoms with van der Waals surface area (Å²) in [6.07, 6.45) is 7.84. The number of carboxylic acid groups (broad SMARTS) is 1. The number of carbonyl (C=O) groups excluding carboxylic acids is 1. The first-order valence-corrected chi connectivity index (χ1v) is 22.2. The zero-order valence-electron chi connectivity index (χ0n) is 36.0. The van der Waals surface area contributed by atoms with Gasteiger partial charge in [-0.2, -0.15) is 0 Å². The summed E-state index contributed by atoms with van der Waals surface area (Å²) in [5, 5.41) is 38.9. The number of anilines is 2. The van der Waals surface area contributed by atoms with Crippen LogP contribution in [0.2, 0.25) is 5.02 Å². The van der Waals surface area contributed by atoms with E-state index in [9.17, 15) is 29.7 Å². The highest BCUT2D eigenvalue weighted by atomic mass is 35.5. The number of phenolic OH excluding ortho intramolecular Hbond substituents is 1. The Balaban J connectivity index is 1.06. The van der Waals surface area contributed by atoms with Crippen molar-refractivity contribution in [2.24, 2.45) is 0 Å². The SMILES string of the molecule is CCCCCCN(C)C1CCC(N(C(=O)O)c2cc(CCCC(=O)Nc3cc(OC)c(CNCC(O)c4ccc(O)c5[nH]c(=O)ccc45)cc3Cl)ccc2-c2ccccc2)CC1. The van der Waals surface area contributed by atoms with E-state index in [4.69, 9.17) is 16.3 Å². The highest BCUT2D eigenvalue weighted by molar-refractivity contribution is 6.33. The van der Waals surface area contributed by atoms with Crippen molar-refractivity contribution in [3.05, 3.63) is 117 Å². The number of unbranched alkanes of at least 4 members (excludes halogenated alkanes) is 3. The van der Waals surface area contributed by atoms with E-state index in [1.165, 1.54) is 44.9 Å². The third-order valence-electron chi connectivity index (χ3n) is 12.1. The first-order valence-electron chi connectivity index (χ1n) is 21.8. The average molecular weight is 867 g/mol. The Labute approximate surface area is 368 Å².